The van der Waals surface area contributed by atoms with E-state index >= 15 is 0 Å². The number of aromatic nitrogens is 1. The lowest BCUT2D eigenvalue weighted by molar-refractivity contribution is 0.307. The lowest BCUT2D eigenvalue weighted by atomic mass is 10.2. The predicted molar refractivity (Wildman–Crippen MR) is 78.4 cm³/mol. The van der Waals surface area contributed by atoms with Gasteiger partial charge in [-0.2, -0.15) is 0 Å². The fourth-order valence-electron chi connectivity index (χ4n) is 2.40. The zero-order valence-electron chi connectivity index (χ0n) is 11.3. The van der Waals surface area contributed by atoms with Crippen LogP contribution in [0.3, 0.4) is 0 Å². The zero-order valence-corrected chi connectivity index (χ0v) is 11.3. The van der Waals surface area contributed by atoms with Crippen LogP contribution in [0.5, 0.6) is 5.75 Å². The van der Waals surface area contributed by atoms with E-state index in [1.807, 2.05) is 18.2 Å². The summed E-state index contributed by atoms with van der Waals surface area (Å²) < 4.78 is 8.21. The van der Waals surface area contributed by atoms with Gasteiger partial charge in [0.15, 0.2) is 0 Å². The quantitative estimate of drug-likeness (QED) is 0.684. The van der Waals surface area contributed by atoms with Crippen LogP contribution in [0.15, 0.2) is 54.6 Å². The highest BCUT2D eigenvalue weighted by atomic mass is 16.5. The van der Waals surface area contributed by atoms with Gasteiger partial charge in [-0.3, -0.25) is 0 Å². The van der Waals surface area contributed by atoms with Crippen molar-refractivity contribution < 1.29 is 4.74 Å². The van der Waals surface area contributed by atoms with Crippen molar-refractivity contribution in [1.29, 1.82) is 0 Å². The number of rotatable bonds is 3. The van der Waals surface area contributed by atoms with E-state index in [0.717, 1.165) is 11.4 Å². The van der Waals surface area contributed by atoms with Crippen molar-refractivity contribution in [2.45, 2.75) is 13.5 Å². The van der Waals surface area contributed by atoms with Gasteiger partial charge in [0.25, 0.3) is 0 Å². The first-order chi connectivity index (χ1) is 9.27. The van der Waals surface area contributed by atoms with Crippen LogP contribution in [0.4, 0.5) is 0 Å². The molecule has 0 radical (unpaired) electrons. The molecule has 0 N–H and O–H groups in total. The standard InChI is InChI=1S/C17H17NO/c1-13-17(19-12-14-8-4-3-5-9-14)15-10-6-7-11-16(15)18(13)2/h3-11H,12H2,1-2H3. The van der Waals surface area contributed by atoms with E-state index in [2.05, 4.69) is 54.9 Å². The number of fused-ring (bicyclic) bond motifs is 1. The Hall–Kier alpha value is -2.22. The minimum atomic E-state index is 0.607. The molecule has 0 aliphatic rings. The summed E-state index contributed by atoms with van der Waals surface area (Å²) in [6, 6.07) is 18.6. The van der Waals surface area contributed by atoms with Crippen LogP contribution in [0.25, 0.3) is 10.9 Å². The summed E-state index contributed by atoms with van der Waals surface area (Å²) in [5, 5.41) is 1.18. The number of aryl methyl sites for hydroxylation is 1. The van der Waals surface area contributed by atoms with Gasteiger partial charge in [-0.25, -0.2) is 0 Å². The Morgan fingerprint density at radius 3 is 2.42 bits per heavy atom. The highest BCUT2D eigenvalue weighted by molar-refractivity contribution is 5.88. The number of hydrogen-bond donors (Lipinski definition) is 0. The molecule has 0 spiro atoms. The molecule has 0 bridgehead atoms. The monoisotopic (exact) mass is 251 g/mol. The molecule has 0 fully saturated rings. The lowest BCUT2D eigenvalue weighted by Crippen LogP contribution is -1.97. The van der Waals surface area contributed by atoms with Gasteiger partial charge in [-0.1, -0.05) is 42.5 Å². The van der Waals surface area contributed by atoms with Crippen molar-refractivity contribution in [2.24, 2.45) is 7.05 Å². The first-order valence-corrected chi connectivity index (χ1v) is 6.48. The molecule has 96 valence electrons. The second-order valence-electron chi connectivity index (χ2n) is 4.76. The molecule has 0 unspecified atom stereocenters. The Kier molecular flexibility index (Phi) is 3.00. The summed E-state index contributed by atoms with van der Waals surface area (Å²) >= 11 is 0. The van der Waals surface area contributed by atoms with E-state index < -0.39 is 0 Å². The second-order valence-corrected chi connectivity index (χ2v) is 4.76. The molecular weight excluding hydrogens is 234 g/mol. The number of para-hydroxylation sites is 1. The van der Waals surface area contributed by atoms with E-state index in [-0.39, 0.29) is 0 Å². The van der Waals surface area contributed by atoms with Gasteiger partial charge in [0.05, 0.1) is 11.2 Å². The van der Waals surface area contributed by atoms with E-state index in [1.165, 1.54) is 16.5 Å². The predicted octanol–water partition coefficient (Wildman–Crippen LogP) is 4.07. The van der Waals surface area contributed by atoms with Gasteiger partial charge >= 0.3 is 0 Å². The highest BCUT2D eigenvalue weighted by Crippen LogP contribution is 2.32. The molecule has 0 aliphatic heterocycles. The molecule has 1 aromatic heterocycles. The Balaban J connectivity index is 1.95. The summed E-state index contributed by atoms with van der Waals surface area (Å²) in [4.78, 5) is 0. The number of ether oxygens (including phenoxy) is 1. The maximum atomic E-state index is 6.04. The molecule has 2 aromatic carbocycles. The summed E-state index contributed by atoms with van der Waals surface area (Å²) in [6.07, 6.45) is 0. The Labute approximate surface area is 113 Å². The maximum absolute atomic E-state index is 6.04. The molecule has 0 amide bonds. The Bertz CT molecular complexity index is 698. The molecule has 19 heavy (non-hydrogen) atoms. The molecule has 0 atom stereocenters. The molecule has 0 saturated heterocycles. The molecule has 3 aromatic rings. The third-order valence-corrected chi connectivity index (χ3v) is 3.57. The van der Waals surface area contributed by atoms with Gasteiger partial charge in [-0.05, 0) is 24.6 Å². The average molecular weight is 251 g/mol. The van der Waals surface area contributed by atoms with E-state index in [0.29, 0.717) is 6.61 Å². The van der Waals surface area contributed by atoms with Crippen LogP contribution in [0.1, 0.15) is 11.3 Å². The third kappa shape index (κ3) is 2.10. The van der Waals surface area contributed by atoms with Gasteiger partial charge in [0.1, 0.15) is 12.4 Å². The van der Waals surface area contributed by atoms with Gasteiger partial charge in [0.2, 0.25) is 0 Å². The first-order valence-electron chi connectivity index (χ1n) is 6.48. The van der Waals surface area contributed by atoms with Crippen LogP contribution in [-0.4, -0.2) is 4.57 Å². The first kappa shape index (κ1) is 11.8. The molecular formula is C17H17NO. The minimum absolute atomic E-state index is 0.607. The summed E-state index contributed by atoms with van der Waals surface area (Å²) in [6.45, 7) is 2.70. The normalized spacial score (nSPS) is 10.8. The van der Waals surface area contributed by atoms with Crippen molar-refractivity contribution in [3.63, 3.8) is 0 Å². The maximum Gasteiger partial charge on any atom is 0.148 e. The van der Waals surface area contributed by atoms with Crippen LogP contribution < -0.4 is 4.74 Å². The molecule has 0 saturated carbocycles. The van der Waals surface area contributed by atoms with E-state index in [4.69, 9.17) is 4.74 Å². The van der Waals surface area contributed by atoms with Crippen molar-refractivity contribution in [3.05, 3.63) is 65.9 Å². The third-order valence-electron chi connectivity index (χ3n) is 3.57. The Morgan fingerprint density at radius 1 is 0.947 bits per heavy atom. The molecule has 1 heterocycles. The summed E-state index contributed by atoms with van der Waals surface area (Å²) in [5.41, 5.74) is 3.56. The SMILES string of the molecule is Cc1c(OCc2ccccc2)c2ccccc2n1C. The average Bonchev–Trinajstić information content (AvgIpc) is 2.71. The largest absolute Gasteiger partial charge is 0.486 e. The van der Waals surface area contributed by atoms with Crippen molar-refractivity contribution in [1.82, 2.24) is 4.57 Å². The van der Waals surface area contributed by atoms with Crippen LogP contribution in [0, 0.1) is 6.92 Å². The highest BCUT2D eigenvalue weighted by Gasteiger charge is 2.12. The topological polar surface area (TPSA) is 14.2 Å². The van der Waals surface area contributed by atoms with Gasteiger partial charge < -0.3 is 9.30 Å². The zero-order chi connectivity index (χ0) is 13.2. The van der Waals surface area contributed by atoms with Gasteiger partial charge in [0, 0.05) is 12.4 Å². The van der Waals surface area contributed by atoms with Crippen LogP contribution in [0.2, 0.25) is 0 Å². The van der Waals surface area contributed by atoms with Crippen LogP contribution in [-0.2, 0) is 13.7 Å². The summed E-state index contributed by atoms with van der Waals surface area (Å²) in [5.74, 6) is 0.988. The fourth-order valence-corrected chi connectivity index (χ4v) is 2.40. The van der Waals surface area contributed by atoms with Crippen molar-refractivity contribution >= 4 is 10.9 Å². The fraction of sp³-hybridized carbons (Fsp3) is 0.176. The van der Waals surface area contributed by atoms with E-state index in [1.54, 1.807) is 0 Å². The molecule has 2 nitrogen and oxygen atoms in total. The molecule has 2 heteroatoms. The molecule has 3 rings (SSSR count). The Morgan fingerprint density at radius 2 is 1.63 bits per heavy atom. The van der Waals surface area contributed by atoms with Crippen molar-refractivity contribution in [3.8, 4) is 5.75 Å². The molecule has 0 aliphatic carbocycles. The van der Waals surface area contributed by atoms with Gasteiger partial charge in [-0.15, -0.1) is 0 Å². The van der Waals surface area contributed by atoms with Crippen molar-refractivity contribution in [2.75, 3.05) is 0 Å². The lowest BCUT2D eigenvalue weighted by Gasteiger charge is -2.06. The number of benzene rings is 2. The number of hydrogen-bond acceptors (Lipinski definition) is 1. The number of nitrogens with zero attached hydrogens (tertiary/aromatic N) is 1. The second kappa shape index (κ2) is 4.81. The van der Waals surface area contributed by atoms with E-state index in [9.17, 15) is 0 Å². The minimum Gasteiger partial charge on any atom is -0.486 e. The van der Waals surface area contributed by atoms with Crippen LogP contribution >= 0.6 is 0 Å². The smallest absolute Gasteiger partial charge is 0.148 e. The summed E-state index contributed by atoms with van der Waals surface area (Å²) in [7, 11) is 2.08.